The van der Waals surface area contributed by atoms with E-state index in [9.17, 15) is 4.79 Å². The molecule has 0 N–H and O–H groups in total. The van der Waals surface area contributed by atoms with Gasteiger partial charge >= 0.3 is 0 Å². The third-order valence-electron chi connectivity index (χ3n) is 5.16. The minimum Gasteiger partial charge on any atom is -0.497 e. The Morgan fingerprint density at radius 1 is 1.07 bits per heavy atom. The van der Waals surface area contributed by atoms with Gasteiger partial charge in [0, 0.05) is 11.9 Å². The van der Waals surface area contributed by atoms with Crippen LogP contribution in [0.3, 0.4) is 0 Å². The molecule has 4 aromatic rings. The van der Waals surface area contributed by atoms with Crippen molar-refractivity contribution in [1.29, 1.82) is 0 Å². The monoisotopic (exact) mass is 400 g/mol. The SMILES string of the molecule is COc1cccc(CN2Cc3nc(-c4cc5ccccc5o4)ccc3OCC2=O)c1. The van der Waals surface area contributed by atoms with Gasteiger partial charge in [0.2, 0.25) is 0 Å². The quantitative estimate of drug-likeness (QED) is 0.507. The molecule has 0 saturated heterocycles. The van der Waals surface area contributed by atoms with Crippen molar-refractivity contribution < 1.29 is 18.7 Å². The number of hydrogen-bond acceptors (Lipinski definition) is 5. The maximum Gasteiger partial charge on any atom is 0.261 e. The number of carbonyl (C=O) groups is 1. The molecule has 0 aliphatic carbocycles. The lowest BCUT2D eigenvalue weighted by Crippen LogP contribution is -2.32. The molecule has 0 fully saturated rings. The van der Waals surface area contributed by atoms with Crippen molar-refractivity contribution in [3.63, 3.8) is 0 Å². The zero-order chi connectivity index (χ0) is 20.5. The summed E-state index contributed by atoms with van der Waals surface area (Å²) in [6, 6.07) is 21.2. The number of aromatic nitrogens is 1. The molecule has 0 saturated carbocycles. The highest BCUT2D eigenvalue weighted by Gasteiger charge is 2.24. The Bertz CT molecular complexity index is 1200. The molecule has 6 heteroatoms. The molecule has 0 radical (unpaired) electrons. The summed E-state index contributed by atoms with van der Waals surface area (Å²) in [5, 5.41) is 1.02. The molecule has 0 bridgehead atoms. The van der Waals surface area contributed by atoms with Crippen molar-refractivity contribution in [3.8, 4) is 23.0 Å². The zero-order valence-electron chi connectivity index (χ0n) is 16.5. The number of carbonyl (C=O) groups excluding carboxylic acids is 1. The van der Waals surface area contributed by atoms with Crippen molar-refractivity contribution in [3.05, 3.63) is 78.0 Å². The fourth-order valence-electron chi connectivity index (χ4n) is 3.61. The molecule has 6 nitrogen and oxygen atoms in total. The lowest BCUT2D eigenvalue weighted by molar-refractivity contribution is -0.133. The van der Waals surface area contributed by atoms with Crippen LogP contribution in [0.25, 0.3) is 22.4 Å². The second-order valence-electron chi connectivity index (χ2n) is 7.18. The molecule has 2 aromatic carbocycles. The summed E-state index contributed by atoms with van der Waals surface area (Å²) in [5.41, 5.74) is 3.22. The van der Waals surface area contributed by atoms with E-state index < -0.39 is 0 Å². The lowest BCUT2D eigenvalue weighted by atomic mass is 10.2. The highest BCUT2D eigenvalue weighted by Crippen LogP contribution is 2.30. The van der Waals surface area contributed by atoms with E-state index in [2.05, 4.69) is 0 Å². The van der Waals surface area contributed by atoms with E-state index in [-0.39, 0.29) is 12.5 Å². The van der Waals surface area contributed by atoms with Crippen molar-refractivity contribution in [1.82, 2.24) is 9.88 Å². The summed E-state index contributed by atoms with van der Waals surface area (Å²) >= 11 is 0. The van der Waals surface area contributed by atoms with E-state index in [1.807, 2.05) is 66.7 Å². The van der Waals surface area contributed by atoms with E-state index in [0.29, 0.717) is 36.0 Å². The smallest absolute Gasteiger partial charge is 0.261 e. The topological polar surface area (TPSA) is 64.8 Å². The predicted octanol–water partition coefficient (Wildman–Crippen LogP) is 4.42. The van der Waals surface area contributed by atoms with Gasteiger partial charge in [-0.2, -0.15) is 0 Å². The first-order valence-electron chi connectivity index (χ1n) is 9.72. The minimum atomic E-state index is -0.0823. The largest absolute Gasteiger partial charge is 0.497 e. The van der Waals surface area contributed by atoms with Gasteiger partial charge in [0.15, 0.2) is 12.4 Å². The van der Waals surface area contributed by atoms with Crippen molar-refractivity contribution in [2.45, 2.75) is 13.1 Å². The van der Waals surface area contributed by atoms with Crippen molar-refractivity contribution in [2.75, 3.05) is 13.7 Å². The Balaban J connectivity index is 1.45. The van der Waals surface area contributed by atoms with Gasteiger partial charge in [0.25, 0.3) is 5.91 Å². The number of para-hydroxylation sites is 1. The summed E-state index contributed by atoms with van der Waals surface area (Å²) in [5.74, 6) is 1.99. The fraction of sp³-hybridized carbons (Fsp3) is 0.167. The second kappa shape index (κ2) is 7.55. The van der Waals surface area contributed by atoms with Crippen LogP contribution in [0.2, 0.25) is 0 Å². The van der Waals surface area contributed by atoms with Crippen molar-refractivity contribution >= 4 is 16.9 Å². The van der Waals surface area contributed by atoms with Crippen LogP contribution < -0.4 is 9.47 Å². The van der Waals surface area contributed by atoms with Crippen LogP contribution in [0.1, 0.15) is 11.3 Å². The molecule has 3 heterocycles. The van der Waals surface area contributed by atoms with E-state index in [0.717, 1.165) is 22.3 Å². The van der Waals surface area contributed by atoms with Gasteiger partial charge in [0.05, 0.1) is 13.7 Å². The number of hydrogen-bond donors (Lipinski definition) is 0. The Kier molecular flexibility index (Phi) is 4.59. The zero-order valence-corrected chi connectivity index (χ0v) is 16.5. The van der Waals surface area contributed by atoms with Crippen LogP contribution in [-0.4, -0.2) is 29.5 Å². The molecule has 0 spiro atoms. The number of rotatable bonds is 4. The number of furan rings is 1. The van der Waals surface area contributed by atoms with E-state index in [1.54, 1.807) is 12.0 Å². The number of ether oxygens (including phenoxy) is 2. The average molecular weight is 400 g/mol. The van der Waals surface area contributed by atoms with E-state index in [4.69, 9.17) is 18.9 Å². The standard InChI is InChI=1S/C24H20N2O4/c1-28-18-7-4-5-16(11-18)13-26-14-20-22(29-15-24(26)27)10-9-19(25-20)23-12-17-6-2-3-8-21(17)30-23/h2-12H,13-15H2,1H3. The van der Waals surface area contributed by atoms with Gasteiger partial charge in [-0.3, -0.25) is 4.79 Å². The summed E-state index contributed by atoms with van der Waals surface area (Å²) in [6.07, 6.45) is 0. The van der Waals surface area contributed by atoms with Gasteiger partial charge in [-0.15, -0.1) is 0 Å². The van der Waals surface area contributed by atoms with Crippen LogP contribution in [-0.2, 0) is 17.9 Å². The van der Waals surface area contributed by atoms with Crippen LogP contribution in [0.5, 0.6) is 11.5 Å². The molecular weight excluding hydrogens is 380 g/mol. The number of benzene rings is 2. The number of methoxy groups -OCH3 is 1. The molecule has 0 atom stereocenters. The van der Waals surface area contributed by atoms with Gasteiger partial charge in [-0.1, -0.05) is 30.3 Å². The molecule has 1 amide bonds. The summed E-state index contributed by atoms with van der Waals surface area (Å²) in [7, 11) is 1.63. The van der Waals surface area contributed by atoms with E-state index in [1.165, 1.54) is 0 Å². The first kappa shape index (κ1) is 18.2. The molecule has 1 aliphatic heterocycles. The third kappa shape index (κ3) is 3.48. The molecule has 5 rings (SSSR count). The highest BCUT2D eigenvalue weighted by atomic mass is 16.5. The Hall–Kier alpha value is -3.80. The molecule has 0 unspecified atom stereocenters. The van der Waals surface area contributed by atoms with Crippen LogP contribution in [0.4, 0.5) is 0 Å². The summed E-state index contributed by atoms with van der Waals surface area (Å²) < 4.78 is 17.0. The maximum atomic E-state index is 12.6. The Morgan fingerprint density at radius 3 is 2.83 bits per heavy atom. The minimum absolute atomic E-state index is 0.0113. The van der Waals surface area contributed by atoms with Gasteiger partial charge in [-0.05, 0) is 42.0 Å². The second-order valence-corrected chi connectivity index (χ2v) is 7.18. The van der Waals surface area contributed by atoms with Gasteiger partial charge in [0.1, 0.15) is 28.5 Å². The summed E-state index contributed by atoms with van der Waals surface area (Å²) in [4.78, 5) is 19.1. The number of pyridine rings is 1. The Morgan fingerprint density at radius 2 is 1.97 bits per heavy atom. The lowest BCUT2D eigenvalue weighted by Gasteiger charge is -2.20. The first-order valence-corrected chi connectivity index (χ1v) is 9.72. The number of amides is 1. The molecule has 150 valence electrons. The molecule has 30 heavy (non-hydrogen) atoms. The van der Waals surface area contributed by atoms with Crippen LogP contribution in [0.15, 0.2) is 71.1 Å². The average Bonchev–Trinajstić information content (AvgIpc) is 3.15. The fourth-order valence-corrected chi connectivity index (χ4v) is 3.61. The van der Waals surface area contributed by atoms with Crippen LogP contribution >= 0.6 is 0 Å². The predicted molar refractivity (Wildman–Crippen MR) is 112 cm³/mol. The number of nitrogens with zero attached hydrogens (tertiary/aromatic N) is 2. The molecule has 2 aromatic heterocycles. The maximum absolute atomic E-state index is 12.6. The van der Waals surface area contributed by atoms with Gasteiger partial charge in [-0.25, -0.2) is 4.98 Å². The Labute approximate surface area is 173 Å². The van der Waals surface area contributed by atoms with Crippen LogP contribution in [0, 0.1) is 0 Å². The van der Waals surface area contributed by atoms with Crippen molar-refractivity contribution in [2.24, 2.45) is 0 Å². The third-order valence-corrected chi connectivity index (χ3v) is 5.16. The van der Waals surface area contributed by atoms with Gasteiger partial charge < -0.3 is 18.8 Å². The normalized spacial score (nSPS) is 13.6. The number of fused-ring (bicyclic) bond motifs is 2. The van der Waals surface area contributed by atoms with E-state index >= 15 is 0 Å². The molecule has 1 aliphatic rings. The first-order chi connectivity index (χ1) is 14.7. The summed E-state index contributed by atoms with van der Waals surface area (Å²) in [6.45, 7) is 0.803. The molecular formula is C24H20N2O4. The highest BCUT2D eigenvalue weighted by molar-refractivity contribution is 5.82.